The lowest BCUT2D eigenvalue weighted by Gasteiger charge is -2.05. The fourth-order valence-corrected chi connectivity index (χ4v) is 1.40. The molecule has 2 rings (SSSR count). The lowest BCUT2D eigenvalue weighted by molar-refractivity contribution is 0.0696. The Hall–Kier alpha value is -2.89. The van der Waals surface area contributed by atoms with E-state index in [4.69, 9.17) is 15.6 Å². The zero-order valence-electron chi connectivity index (χ0n) is 9.74. The number of carboxylic acids is 1. The first-order chi connectivity index (χ1) is 9.06. The summed E-state index contributed by atoms with van der Waals surface area (Å²) in [6.45, 7) is 0. The Bertz CT molecular complexity index is 623. The molecule has 1 aromatic carbocycles. The summed E-state index contributed by atoms with van der Waals surface area (Å²) in [6.07, 6.45) is 1.19. The maximum atomic E-state index is 11.0. The summed E-state index contributed by atoms with van der Waals surface area (Å²) in [7, 11) is 0. The van der Waals surface area contributed by atoms with E-state index in [9.17, 15) is 9.59 Å². The van der Waals surface area contributed by atoms with Crippen molar-refractivity contribution >= 4 is 11.9 Å². The molecule has 6 heteroatoms. The first kappa shape index (κ1) is 12.6. The molecule has 0 saturated carbocycles. The van der Waals surface area contributed by atoms with Gasteiger partial charge in [0.15, 0.2) is 0 Å². The Morgan fingerprint density at radius 3 is 2.53 bits per heavy atom. The molecular formula is C13H10N2O4. The topological polar surface area (TPSA) is 103 Å². The van der Waals surface area contributed by atoms with Crippen molar-refractivity contribution in [2.75, 3.05) is 0 Å². The molecule has 0 radical (unpaired) electrons. The molecular weight excluding hydrogens is 248 g/mol. The average molecular weight is 258 g/mol. The monoisotopic (exact) mass is 258 g/mol. The SMILES string of the molecule is NC(=O)c1cccc(Oc2ccc(C(=O)O)cn2)c1. The summed E-state index contributed by atoms with van der Waals surface area (Å²) in [5.74, 6) is -0.993. The van der Waals surface area contributed by atoms with Gasteiger partial charge in [-0.2, -0.15) is 0 Å². The van der Waals surface area contributed by atoms with Gasteiger partial charge in [0.1, 0.15) is 5.75 Å². The van der Waals surface area contributed by atoms with Crippen LogP contribution >= 0.6 is 0 Å². The van der Waals surface area contributed by atoms with E-state index in [0.29, 0.717) is 11.3 Å². The number of rotatable bonds is 4. The number of hydrogen-bond donors (Lipinski definition) is 2. The van der Waals surface area contributed by atoms with E-state index in [2.05, 4.69) is 4.98 Å². The van der Waals surface area contributed by atoms with Gasteiger partial charge in [0.25, 0.3) is 0 Å². The highest BCUT2D eigenvalue weighted by Crippen LogP contribution is 2.20. The molecule has 0 aliphatic rings. The minimum absolute atomic E-state index is 0.0678. The molecule has 3 N–H and O–H groups in total. The second-order valence-electron chi connectivity index (χ2n) is 3.68. The van der Waals surface area contributed by atoms with Gasteiger partial charge < -0.3 is 15.6 Å². The highest BCUT2D eigenvalue weighted by molar-refractivity contribution is 5.93. The summed E-state index contributed by atoms with van der Waals surface area (Å²) >= 11 is 0. The van der Waals surface area contributed by atoms with Gasteiger partial charge in [0.2, 0.25) is 11.8 Å². The van der Waals surface area contributed by atoms with Gasteiger partial charge in [0, 0.05) is 17.8 Å². The van der Waals surface area contributed by atoms with Gasteiger partial charge in [-0.1, -0.05) is 6.07 Å². The number of hydrogen-bond acceptors (Lipinski definition) is 4. The first-order valence-electron chi connectivity index (χ1n) is 5.33. The number of aromatic nitrogens is 1. The molecule has 0 atom stereocenters. The molecule has 6 nitrogen and oxygen atoms in total. The molecule has 0 aliphatic heterocycles. The highest BCUT2D eigenvalue weighted by atomic mass is 16.5. The molecule has 1 aromatic heterocycles. The maximum Gasteiger partial charge on any atom is 0.337 e. The number of benzene rings is 1. The molecule has 96 valence electrons. The molecule has 1 heterocycles. The Balaban J connectivity index is 2.19. The van der Waals surface area contributed by atoms with Crippen LogP contribution in [-0.2, 0) is 0 Å². The van der Waals surface area contributed by atoms with Crippen LogP contribution in [0.4, 0.5) is 0 Å². The molecule has 0 unspecified atom stereocenters. The Labute approximate surface area is 108 Å². The number of nitrogens with two attached hydrogens (primary N) is 1. The third-order valence-corrected chi connectivity index (χ3v) is 2.32. The minimum atomic E-state index is -1.06. The zero-order chi connectivity index (χ0) is 13.8. The van der Waals surface area contributed by atoms with E-state index >= 15 is 0 Å². The van der Waals surface area contributed by atoms with Crippen molar-refractivity contribution in [3.05, 3.63) is 53.7 Å². The molecule has 0 spiro atoms. The van der Waals surface area contributed by atoms with Crippen molar-refractivity contribution in [1.29, 1.82) is 0 Å². The van der Waals surface area contributed by atoms with E-state index in [-0.39, 0.29) is 11.4 Å². The van der Waals surface area contributed by atoms with Crippen LogP contribution in [0.25, 0.3) is 0 Å². The van der Waals surface area contributed by atoms with E-state index in [1.807, 2.05) is 0 Å². The molecule has 2 aromatic rings. The highest BCUT2D eigenvalue weighted by Gasteiger charge is 2.06. The van der Waals surface area contributed by atoms with Crippen LogP contribution in [0.15, 0.2) is 42.6 Å². The lowest BCUT2D eigenvalue weighted by atomic mass is 10.2. The largest absolute Gasteiger partial charge is 0.478 e. The molecule has 0 fully saturated rings. The van der Waals surface area contributed by atoms with Gasteiger partial charge in [-0.05, 0) is 24.3 Å². The van der Waals surface area contributed by atoms with Crippen molar-refractivity contribution in [3.8, 4) is 11.6 Å². The number of carboxylic acid groups (broad SMARTS) is 1. The number of aromatic carboxylic acids is 1. The fraction of sp³-hybridized carbons (Fsp3) is 0. The van der Waals surface area contributed by atoms with Gasteiger partial charge in [-0.3, -0.25) is 4.79 Å². The number of pyridine rings is 1. The smallest absolute Gasteiger partial charge is 0.337 e. The third kappa shape index (κ3) is 3.06. The number of ether oxygens (including phenoxy) is 1. The number of primary amides is 1. The number of carbonyl (C=O) groups excluding carboxylic acids is 1. The Morgan fingerprint density at radius 2 is 1.95 bits per heavy atom. The number of nitrogens with zero attached hydrogens (tertiary/aromatic N) is 1. The van der Waals surface area contributed by atoms with Crippen LogP contribution in [0.5, 0.6) is 11.6 Å². The summed E-state index contributed by atoms with van der Waals surface area (Å²) in [4.78, 5) is 25.5. The van der Waals surface area contributed by atoms with Crippen LogP contribution in [0.2, 0.25) is 0 Å². The second-order valence-corrected chi connectivity index (χ2v) is 3.68. The average Bonchev–Trinajstić information content (AvgIpc) is 2.39. The van der Waals surface area contributed by atoms with E-state index < -0.39 is 11.9 Å². The van der Waals surface area contributed by atoms with Crippen LogP contribution in [-0.4, -0.2) is 22.0 Å². The fourth-order valence-electron chi connectivity index (χ4n) is 1.40. The summed E-state index contributed by atoms with van der Waals surface area (Å²) < 4.78 is 5.39. The lowest BCUT2D eigenvalue weighted by Crippen LogP contribution is -2.10. The molecule has 0 saturated heterocycles. The zero-order valence-corrected chi connectivity index (χ0v) is 9.74. The Morgan fingerprint density at radius 1 is 1.16 bits per heavy atom. The first-order valence-corrected chi connectivity index (χ1v) is 5.33. The van der Waals surface area contributed by atoms with Gasteiger partial charge in [0.05, 0.1) is 5.56 Å². The predicted octanol–water partition coefficient (Wildman–Crippen LogP) is 1.67. The van der Waals surface area contributed by atoms with Gasteiger partial charge >= 0.3 is 5.97 Å². The molecule has 0 bridgehead atoms. The van der Waals surface area contributed by atoms with Crippen molar-refractivity contribution in [2.24, 2.45) is 5.73 Å². The van der Waals surface area contributed by atoms with E-state index in [1.165, 1.54) is 24.4 Å². The van der Waals surface area contributed by atoms with Crippen molar-refractivity contribution in [3.63, 3.8) is 0 Å². The molecule has 1 amide bonds. The normalized spacial score (nSPS) is 9.89. The number of carbonyl (C=O) groups is 2. The van der Waals surface area contributed by atoms with Gasteiger partial charge in [-0.15, -0.1) is 0 Å². The summed E-state index contributed by atoms with van der Waals surface area (Å²) in [5, 5.41) is 8.73. The van der Waals surface area contributed by atoms with Crippen LogP contribution in [0.3, 0.4) is 0 Å². The quantitative estimate of drug-likeness (QED) is 0.868. The van der Waals surface area contributed by atoms with Crippen molar-refractivity contribution < 1.29 is 19.4 Å². The van der Waals surface area contributed by atoms with E-state index in [1.54, 1.807) is 18.2 Å². The summed E-state index contributed by atoms with van der Waals surface area (Å²) in [6, 6.07) is 9.12. The molecule has 0 aliphatic carbocycles. The molecule has 19 heavy (non-hydrogen) atoms. The van der Waals surface area contributed by atoms with Crippen LogP contribution in [0.1, 0.15) is 20.7 Å². The van der Waals surface area contributed by atoms with E-state index in [0.717, 1.165) is 0 Å². The van der Waals surface area contributed by atoms with Gasteiger partial charge in [-0.25, -0.2) is 9.78 Å². The predicted molar refractivity (Wildman–Crippen MR) is 66.2 cm³/mol. The van der Waals surface area contributed by atoms with Crippen LogP contribution < -0.4 is 10.5 Å². The second kappa shape index (κ2) is 5.18. The summed E-state index contributed by atoms with van der Waals surface area (Å²) in [5.41, 5.74) is 5.54. The van der Waals surface area contributed by atoms with Crippen molar-refractivity contribution in [2.45, 2.75) is 0 Å². The maximum absolute atomic E-state index is 11.0. The Kier molecular flexibility index (Phi) is 3.42. The standard InChI is InChI=1S/C13H10N2O4/c14-12(16)8-2-1-3-10(6-8)19-11-5-4-9(7-15-11)13(17)18/h1-7H,(H2,14,16)(H,17,18). The third-order valence-electron chi connectivity index (χ3n) is 2.32. The minimum Gasteiger partial charge on any atom is -0.478 e. The van der Waals surface area contributed by atoms with Crippen molar-refractivity contribution in [1.82, 2.24) is 4.98 Å². The number of amides is 1. The van der Waals surface area contributed by atoms with Crippen LogP contribution in [0, 0.1) is 0 Å².